The summed E-state index contributed by atoms with van der Waals surface area (Å²) >= 11 is 13.3. The minimum atomic E-state index is -0.350. The first kappa shape index (κ1) is 12.9. The first-order valence-electron chi connectivity index (χ1n) is 4.56. The summed E-state index contributed by atoms with van der Waals surface area (Å²) in [5, 5.41) is 3.30. The molecule has 0 fully saturated rings. The monoisotopic (exact) mass is 261 g/mol. The maximum Gasteiger partial charge on any atom is 0.0991 e. The average Bonchev–Trinajstić information content (AvgIpc) is 2.45. The molecule has 0 radical (unpaired) electrons. The van der Waals surface area contributed by atoms with Crippen LogP contribution < -0.4 is 5.32 Å². The van der Waals surface area contributed by atoms with Gasteiger partial charge in [0.15, 0.2) is 0 Å². The molecule has 1 N–H and O–H groups in total. The van der Waals surface area contributed by atoms with E-state index in [-0.39, 0.29) is 11.6 Å². The fourth-order valence-corrected chi connectivity index (χ4v) is 2.95. The van der Waals surface area contributed by atoms with Gasteiger partial charge in [-0.3, -0.25) is 5.32 Å². The predicted molar refractivity (Wildman–Crippen MR) is 68.8 cm³/mol. The third-order valence-electron chi connectivity index (χ3n) is 2.09. The summed E-state index contributed by atoms with van der Waals surface area (Å²) in [4.78, 5) is 0. The van der Waals surface area contributed by atoms with Gasteiger partial charge in [0.05, 0.1) is 14.2 Å². The largest absolute Gasteiger partial charge is 0.295 e. The summed E-state index contributed by atoms with van der Waals surface area (Å²) in [6, 6.07) is 1.96. The molecule has 1 unspecified atom stereocenters. The molecule has 1 atom stereocenters. The van der Waals surface area contributed by atoms with E-state index in [1.54, 1.807) is 0 Å². The molecule has 1 aromatic rings. The van der Waals surface area contributed by atoms with Crippen molar-refractivity contribution >= 4 is 34.5 Å². The van der Waals surface area contributed by atoms with Crippen molar-refractivity contribution in [3.8, 4) is 12.3 Å². The van der Waals surface area contributed by atoms with Gasteiger partial charge in [0.25, 0.3) is 0 Å². The molecule has 4 heteroatoms. The standard InChI is InChI=1S/C11H13Cl2NS/c1-5-11(3,4)14-7(2)8-6-9(12)15-10(8)13/h1,6-7,14H,2-4H3. The van der Waals surface area contributed by atoms with Crippen molar-refractivity contribution in [1.29, 1.82) is 0 Å². The van der Waals surface area contributed by atoms with E-state index in [2.05, 4.69) is 11.2 Å². The third kappa shape index (κ3) is 3.39. The molecular formula is C11H13Cl2NS. The Hall–Kier alpha value is -0.200. The lowest BCUT2D eigenvalue weighted by Crippen LogP contribution is -2.39. The molecule has 0 saturated heterocycles. The Morgan fingerprint density at radius 3 is 2.53 bits per heavy atom. The average molecular weight is 262 g/mol. The molecule has 0 spiro atoms. The van der Waals surface area contributed by atoms with Crippen LogP contribution in [0.15, 0.2) is 6.07 Å². The molecule has 1 rings (SSSR count). The Morgan fingerprint density at radius 1 is 1.53 bits per heavy atom. The highest BCUT2D eigenvalue weighted by molar-refractivity contribution is 7.20. The minimum absolute atomic E-state index is 0.0901. The van der Waals surface area contributed by atoms with Crippen molar-refractivity contribution in [3.05, 3.63) is 20.3 Å². The molecule has 1 heterocycles. The Labute approximate surface area is 105 Å². The van der Waals surface area contributed by atoms with E-state index >= 15 is 0 Å². The van der Waals surface area contributed by atoms with Gasteiger partial charge in [-0.1, -0.05) is 29.1 Å². The second kappa shape index (κ2) is 4.76. The van der Waals surface area contributed by atoms with Gasteiger partial charge < -0.3 is 0 Å². The Morgan fingerprint density at radius 2 is 2.13 bits per heavy atom. The molecule has 0 aliphatic rings. The second-order valence-electron chi connectivity index (χ2n) is 3.91. The van der Waals surface area contributed by atoms with E-state index in [9.17, 15) is 0 Å². The van der Waals surface area contributed by atoms with E-state index in [0.717, 1.165) is 5.56 Å². The van der Waals surface area contributed by atoms with Gasteiger partial charge in [-0.05, 0) is 32.4 Å². The van der Waals surface area contributed by atoms with Crippen LogP contribution in [0, 0.1) is 12.3 Å². The zero-order valence-electron chi connectivity index (χ0n) is 8.90. The normalized spacial score (nSPS) is 13.6. The maximum absolute atomic E-state index is 6.05. The maximum atomic E-state index is 6.05. The summed E-state index contributed by atoms with van der Waals surface area (Å²) in [7, 11) is 0. The van der Waals surface area contributed by atoms with Crippen molar-refractivity contribution in [2.75, 3.05) is 0 Å². The lowest BCUT2D eigenvalue weighted by molar-refractivity contribution is 0.432. The van der Waals surface area contributed by atoms with Gasteiger partial charge in [0.1, 0.15) is 0 Å². The second-order valence-corrected chi connectivity index (χ2v) is 6.20. The highest BCUT2D eigenvalue weighted by Crippen LogP contribution is 2.35. The van der Waals surface area contributed by atoms with E-state index < -0.39 is 0 Å². The number of hydrogen-bond donors (Lipinski definition) is 1. The van der Waals surface area contributed by atoms with Crippen molar-refractivity contribution in [2.24, 2.45) is 0 Å². The molecule has 0 aromatic carbocycles. The highest BCUT2D eigenvalue weighted by atomic mass is 35.5. The lowest BCUT2D eigenvalue weighted by Gasteiger charge is -2.24. The van der Waals surface area contributed by atoms with E-state index in [4.69, 9.17) is 29.6 Å². The van der Waals surface area contributed by atoms with E-state index in [1.807, 2.05) is 26.8 Å². The summed E-state index contributed by atoms with van der Waals surface area (Å²) in [5.41, 5.74) is 0.645. The van der Waals surface area contributed by atoms with Crippen LogP contribution in [0.25, 0.3) is 0 Å². The first-order chi connectivity index (χ1) is 6.85. The number of terminal acetylenes is 1. The van der Waals surface area contributed by atoms with Crippen molar-refractivity contribution in [3.63, 3.8) is 0 Å². The number of hydrogen-bond acceptors (Lipinski definition) is 2. The smallest absolute Gasteiger partial charge is 0.0991 e. The summed E-state index contributed by atoms with van der Waals surface area (Å²) < 4.78 is 1.41. The number of thiophene rings is 1. The molecule has 0 saturated carbocycles. The van der Waals surface area contributed by atoms with Crippen LogP contribution in [0.5, 0.6) is 0 Å². The van der Waals surface area contributed by atoms with E-state index in [0.29, 0.717) is 8.67 Å². The number of rotatable bonds is 3. The van der Waals surface area contributed by atoms with Gasteiger partial charge in [-0.2, -0.15) is 0 Å². The zero-order valence-corrected chi connectivity index (χ0v) is 11.2. The fourth-order valence-electron chi connectivity index (χ4n) is 1.31. The van der Waals surface area contributed by atoms with Crippen LogP contribution in [0.4, 0.5) is 0 Å². The predicted octanol–water partition coefficient (Wildman–Crippen LogP) is 4.12. The Bertz CT molecular complexity index is 390. The molecule has 15 heavy (non-hydrogen) atoms. The summed E-state index contributed by atoms with van der Waals surface area (Å²) in [6.45, 7) is 5.92. The van der Waals surface area contributed by atoms with E-state index in [1.165, 1.54) is 11.3 Å². The quantitative estimate of drug-likeness (QED) is 0.808. The molecule has 1 nitrogen and oxygen atoms in total. The van der Waals surface area contributed by atoms with Crippen molar-refractivity contribution in [2.45, 2.75) is 32.4 Å². The third-order valence-corrected chi connectivity index (χ3v) is 3.61. The molecule has 0 bridgehead atoms. The van der Waals surface area contributed by atoms with Crippen LogP contribution in [0.1, 0.15) is 32.4 Å². The first-order valence-corrected chi connectivity index (χ1v) is 6.13. The van der Waals surface area contributed by atoms with Gasteiger partial charge in [0.2, 0.25) is 0 Å². The Balaban J connectivity index is 2.83. The molecular weight excluding hydrogens is 249 g/mol. The summed E-state index contributed by atoms with van der Waals surface area (Å²) in [6.07, 6.45) is 5.41. The van der Waals surface area contributed by atoms with Gasteiger partial charge >= 0.3 is 0 Å². The molecule has 0 amide bonds. The number of nitrogens with one attached hydrogen (secondary N) is 1. The summed E-state index contributed by atoms with van der Waals surface area (Å²) in [5.74, 6) is 2.68. The van der Waals surface area contributed by atoms with Crippen molar-refractivity contribution in [1.82, 2.24) is 5.32 Å². The highest BCUT2D eigenvalue weighted by Gasteiger charge is 2.20. The molecule has 0 aliphatic heterocycles. The number of halogens is 2. The molecule has 0 aliphatic carbocycles. The molecule has 82 valence electrons. The van der Waals surface area contributed by atoms with Crippen LogP contribution >= 0.6 is 34.5 Å². The minimum Gasteiger partial charge on any atom is -0.295 e. The van der Waals surface area contributed by atoms with Gasteiger partial charge in [-0.15, -0.1) is 17.8 Å². The molecule has 1 aromatic heterocycles. The topological polar surface area (TPSA) is 12.0 Å². The Kier molecular flexibility index (Phi) is 4.08. The van der Waals surface area contributed by atoms with Crippen LogP contribution in [-0.4, -0.2) is 5.54 Å². The van der Waals surface area contributed by atoms with Crippen LogP contribution in [0.2, 0.25) is 8.67 Å². The lowest BCUT2D eigenvalue weighted by atomic mass is 10.0. The van der Waals surface area contributed by atoms with Gasteiger partial charge in [-0.25, -0.2) is 0 Å². The SMILES string of the molecule is C#CC(C)(C)NC(C)c1cc(Cl)sc1Cl. The fraction of sp³-hybridized carbons (Fsp3) is 0.455. The zero-order chi connectivity index (χ0) is 11.6. The van der Waals surface area contributed by atoms with Crippen LogP contribution in [-0.2, 0) is 0 Å². The van der Waals surface area contributed by atoms with Crippen LogP contribution in [0.3, 0.4) is 0 Å². The van der Waals surface area contributed by atoms with Gasteiger partial charge in [0, 0.05) is 6.04 Å². The van der Waals surface area contributed by atoms with Crippen molar-refractivity contribution < 1.29 is 0 Å².